The number of hydrogen-bond donors (Lipinski definition) is 1. The molecule has 2 aromatic carbocycles. The summed E-state index contributed by atoms with van der Waals surface area (Å²) in [4.78, 5) is 11.9. The van der Waals surface area contributed by atoms with E-state index < -0.39 is 6.03 Å². The number of benzene rings is 2. The van der Waals surface area contributed by atoms with E-state index in [9.17, 15) is 4.79 Å². The molecule has 3 aromatic rings. The van der Waals surface area contributed by atoms with E-state index in [1.165, 1.54) is 5.56 Å². The van der Waals surface area contributed by atoms with Crippen molar-refractivity contribution < 1.29 is 14.0 Å². The first-order valence-electron chi connectivity index (χ1n) is 7.80. The van der Waals surface area contributed by atoms with E-state index in [1.807, 2.05) is 25.1 Å². The lowest BCUT2D eigenvalue weighted by Crippen LogP contribution is -2.39. The Morgan fingerprint density at radius 1 is 1.24 bits per heavy atom. The van der Waals surface area contributed by atoms with Gasteiger partial charge in [0.2, 0.25) is 12.1 Å². The Morgan fingerprint density at radius 3 is 2.68 bits per heavy atom. The number of halogens is 1. The molecule has 25 heavy (non-hydrogen) atoms. The van der Waals surface area contributed by atoms with Gasteiger partial charge in [0.1, 0.15) is 0 Å². The quantitative estimate of drug-likeness (QED) is 0.676. The fraction of sp³-hybridized carbons (Fsp3) is 0.167. The molecule has 1 atom stereocenters. The molecule has 1 N–H and O–H groups in total. The van der Waals surface area contributed by atoms with Gasteiger partial charge in [-0.15, -0.1) is 0 Å². The lowest BCUT2D eigenvalue weighted by atomic mass is 10.1. The van der Waals surface area contributed by atoms with Crippen molar-refractivity contribution in [3.05, 3.63) is 76.7 Å². The van der Waals surface area contributed by atoms with Crippen LogP contribution in [-0.2, 0) is 6.42 Å². The highest BCUT2D eigenvalue weighted by atomic mass is 35.5. The first-order valence-corrected chi connectivity index (χ1v) is 8.18. The van der Waals surface area contributed by atoms with E-state index >= 15 is 0 Å². The maximum atomic E-state index is 11.9. The van der Waals surface area contributed by atoms with Gasteiger partial charge in [-0.25, -0.2) is 0 Å². The first-order chi connectivity index (χ1) is 12.1. The van der Waals surface area contributed by atoms with Crippen molar-refractivity contribution in [2.75, 3.05) is 5.32 Å². The van der Waals surface area contributed by atoms with Gasteiger partial charge in [0.15, 0.2) is 17.3 Å². The number of nitrogens with zero attached hydrogens (tertiary/aromatic N) is 3. The number of amides is 2. The average Bonchev–Trinajstić information content (AvgIpc) is 3.06. The number of urea groups is 1. The Hall–Kier alpha value is -2.86. The van der Waals surface area contributed by atoms with Crippen molar-refractivity contribution in [1.82, 2.24) is 5.27 Å². The van der Waals surface area contributed by atoms with Gasteiger partial charge in [-0.2, -0.15) is 0 Å². The lowest BCUT2D eigenvalue weighted by molar-refractivity contribution is -0.782. The molecule has 2 amide bonds. The van der Waals surface area contributed by atoms with Crippen molar-refractivity contribution in [2.45, 2.75) is 19.4 Å². The standard InChI is InChI=1S/C18H17ClN4O2/c1-13(11-14-5-3-2-4-6-14)23-12-17(25-22-23)21-18(24)20-16-9-7-15(19)8-10-16/h2-10,12-13H,11H2,1H3,(H-,20,21,22,24). The zero-order valence-corrected chi connectivity index (χ0v) is 14.3. The number of hydrogen-bond acceptors (Lipinski definition) is 3. The lowest BCUT2D eigenvalue weighted by Gasteiger charge is -2.12. The molecule has 0 saturated carbocycles. The number of carbonyl (C=O) groups excluding carboxylic acids is 1. The molecule has 0 aliphatic rings. The van der Waals surface area contributed by atoms with E-state index in [0.717, 1.165) is 6.42 Å². The van der Waals surface area contributed by atoms with Crippen LogP contribution in [0.2, 0.25) is 5.02 Å². The molecule has 7 heteroatoms. The number of nitrogens with one attached hydrogen (secondary N) is 1. The largest absolute Gasteiger partial charge is 0.424 e. The summed E-state index contributed by atoms with van der Waals surface area (Å²) in [7, 11) is 0. The third kappa shape index (κ3) is 4.81. The highest BCUT2D eigenvalue weighted by Gasteiger charge is 2.19. The number of carbonyl (C=O) groups is 1. The van der Waals surface area contributed by atoms with Crippen molar-refractivity contribution >= 4 is 29.2 Å². The predicted octanol–water partition coefficient (Wildman–Crippen LogP) is 4.66. The molecule has 6 nitrogen and oxygen atoms in total. The Labute approximate surface area is 150 Å². The van der Waals surface area contributed by atoms with Crippen LogP contribution in [0.4, 0.5) is 16.4 Å². The summed E-state index contributed by atoms with van der Waals surface area (Å²) in [5.74, 6) is 0.145. The van der Waals surface area contributed by atoms with Crippen molar-refractivity contribution in [3.8, 4) is 0 Å². The normalized spacial score (nSPS) is 11.8. The van der Waals surface area contributed by atoms with Crippen molar-refractivity contribution in [2.24, 2.45) is 0 Å². The maximum absolute atomic E-state index is 11.9. The van der Waals surface area contributed by atoms with Gasteiger partial charge in [0.25, 0.3) is 0 Å². The zero-order chi connectivity index (χ0) is 17.6. The van der Waals surface area contributed by atoms with Gasteiger partial charge in [0, 0.05) is 18.4 Å². The van der Waals surface area contributed by atoms with E-state index in [1.54, 1.807) is 35.1 Å². The van der Waals surface area contributed by atoms with Gasteiger partial charge >= 0.3 is 0 Å². The fourth-order valence-corrected chi connectivity index (χ4v) is 2.47. The molecule has 1 aromatic heterocycles. The molecular weight excluding hydrogens is 340 g/mol. The molecule has 1 unspecified atom stereocenters. The molecule has 0 spiro atoms. The van der Waals surface area contributed by atoms with Gasteiger partial charge < -0.3 is 15.2 Å². The van der Waals surface area contributed by atoms with E-state index in [-0.39, 0.29) is 11.9 Å². The number of anilines is 1. The number of rotatable bonds is 5. The summed E-state index contributed by atoms with van der Waals surface area (Å²) in [6.45, 7) is 2.02. The van der Waals surface area contributed by atoms with Crippen LogP contribution in [-0.4, -0.2) is 11.3 Å². The zero-order valence-electron chi connectivity index (χ0n) is 13.6. The summed E-state index contributed by atoms with van der Waals surface area (Å²) in [6.07, 6.45) is 2.41. The molecule has 0 bridgehead atoms. The number of aromatic nitrogens is 2. The van der Waals surface area contributed by atoms with Crippen molar-refractivity contribution in [3.63, 3.8) is 0 Å². The van der Waals surface area contributed by atoms with Gasteiger partial charge in [-0.1, -0.05) is 54.1 Å². The Balaban J connectivity index is 1.57. The van der Waals surface area contributed by atoms with Crippen LogP contribution in [0.5, 0.6) is 0 Å². The molecular formula is C18H17ClN4O2. The molecule has 1 heterocycles. The monoisotopic (exact) mass is 356 g/mol. The third-order valence-corrected chi connectivity index (χ3v) is 3.86. The van der Waals surface area contributed by atoms with E-state index in [0.29, 0.717) is 10.7 Å². The molecule has 128 valence electrons. The topological polar surface area (TPSA) is 73.1 Å². The van der Waals surface area contributed by atoms with Crippen LogP contribution < -0.4 is 10.00 Å². The highest BCUT2D eigenvalue weighted by Crippen LogP contribution is 2.19. The smallest absolute Gasteiger partial charge is 0.241 e. The maximum Gasteiger partial charge on any atom is 0.241 e. The summed E-state index contributed by atoms with van der Waals surface area (Å²) in [6, 6.07) is 16.4. The van der Waals surface area contributed by atoms with Gasteiger partial charge in [-0.3, -0.25) is 4.79 Å². The van der Waals surface area contributed by atoms with Crippen LogP contribution in [0.15, 0.2) is 65.3 Å². The van der Waals surface area contributed by atoms with Crippen LogP contribution in [0.3, 0.4) is 0 Å². The third-order valence-electron chi connectivity index (χ3n) is 3.60. The Bertz CT molecular complexity index is 834. The second-order valence-corrected chi connectivity index (χ2v) is 6.04. The summed E-state index contributed by atoms with van der Waals surface area (Å²) >= 11 is 5.81. The second-order valence-electron chi connectivity index (χ2n) is 5.61. The van der Waals surface area contributed by atoms with Crippen LogP contribution in [0, 0.1) is 0 Å². The van der Waals surface area contributed by atoms with Gasteiger partial charge in [-0.05, 0) is 28.1 Å². The van der Waals surface area contributed by atoms with Crippen LogP contribution in [0.1, 0.15) is 18.5 Å². The highest BCUT2D eigenvalue weighted by molar-refractivity contribution is 6.30. The Kier molecular flexibility index (Phi) is 5.30. The molecule has 0 fully saturated rings. The van der Waals surface area contributed by atoms with Gasteiger partial charge in [0.05, 0.1) is 0 Å². The SMILES string of the molecule is CC(Cc1ccccc1)[n+]1cc([N-]C(=O)Nc2ccc(Cl)cc2)on1. The summed E-state index contributed by atoms with van der Waals surface area (Å²) in [5, 5.41) is 11.0. The summed E-state index contributed by atoms with van der Waals surface area (Å²) < 4.78 is 6.77. The van der Waals surface area contributed by atoms with Crippen LogP contribution in [0.25, 0.3) is 5.32 Å². The molecule has 0 aliphatic heterocycles. The van der Waals surface area contributed by atoms with E-state index in [4.69, 9.17) is 16.1 Å². The van der Waals surface area contributed by atoms with E-state index in [2.05, 4.69) is 28.0 Å². The predicted molar refractivity (Wildman–Crippen MR) is 95.0 cm³/mol. The molecule has 0 radical (unpaired) electrons. The minimum atomic E-state index is -0.540. The molecule has 0 saturated heterocycles. The average molecular weight is 357 g/mol. The van der Waals surface area contributed by atoms with Crippen molar-refractivity contribution in [1.29, 1.82) is 0 Å². The summed E-state index contributed by atoms with van der Waals surface area (Å²) in [5.41, 5.74) is 1.80. The first kappa shape index (κ1) is 17.0. The second kappa shape index (κ2) is 7.81. The molecule has 3 rings (SSSR count). The fourth-order valence-electron chi connectivity index (χ4n) is 2.34. The Morgan fingerprint density at radius 2 is 1.96 bits per heavy atom. The minimum Gasteiger partial charge on any atom is -0.424 e. The minimum absolute atomic E-state index is 0.0782. The van der Waals surface area contributed by atoms with Crippen LogP contribution >= 0.6 is 11.6 Å². The molecule has 0 aliphatic carbocycles.